The predicted octanol–water partition coefficient (Wildman–Crippen LogP) is 1.53. The Kier molecular flexibility index (Phi) is 4.60. The third kappa shape index (κ3) is 4.03. The van der Waals surface area contributed by atoms with E-state index in [1.165, 1.54) is 5.56 Å². The SMILES string of the molecule is CC(C)Cc1ccc(S(=O)(=O)N[C@@H]2CCNC2)cc1. The van der Waals surface area contributed by atoms with E-state index in [-0.39, 0.29) is 6.04 Å². The molecule has 5 heteroatoms. The van der Waals surface area contributed by atoms with Gasteiger partial charge in [-0.05, 0) is 43.0 Å². The van der Waals surface area contributed by atoms with Gasteiger partial charge in [-0.1, -0.05) is 26.0 Å². The monoisotopic (exact) mass is 282 g/mol. The molecule has 2 rings (SSSR count). The van der Waals surface area contributed by atoms with Crippen LogP contribution in [-0.2, 0) is 16.4 Å². The summed E-state index contributed by atoms with van der Waals surface area (Å²) in [5.74, 6) is 0.574. The molecule has 0 aromatic heterocycles. The van der Waals surface area contributed by atoms with Crippen LogP contribution in [0.3, 0.4) is 0 Å². The van der Waals surface area contributed by atoms with Crippen molar-refractivity contribution in [1.82, 2.24) is 10.0 Å². The van der Waals surface area contributed by atoms with Gasteiger partial charge in [-0.15, -0.1) is 0 Å². The molecule has 0 bridgehead atoms. The third-order valence-corrected chi connectivity index (χ3v) is 4.80. The standard InChI is InChI=1S/C14H22N2O2S/c1-11(2)9-12-3-5-14(6-4-12)19(17,18)16-13-7-8-15-10-13/h3-6,11,13,15-16H,7-10H2,1-2H3/t13-/m1/s1. The summed E-state index contributed by atoms with van der Waals surface area (Å²) in [6, 6.07) is 7.22. The molecule has 0 amide bonds. The summed E-state index contributed by atoms with van der Waals surface area (Å²) >= 11 is 0. The van der Waals surface area contributed by atoms with Crippen molar-refractivity contribution in [1.29, 1.82) is 0 Å². The highest BCUT2D eigenvalue weighted by Gasteiger charge is 2.22. The first kappa shape index (κ1) is 14.5. The van der Waals surface area contributed by atoms with Crippen LogP contribution < -0.4 is 10.0 Å². The molecule has 0 aliphatic carbocycles. The Hall–Kier alpha value is -0.910. The van der Waals surface area contributed by atoms with Crippen molar-refractivity contribution >= 4 is 10.0 Å². The van der Waals surface area contributed by atoms with Gasteiger partial charge >= 0.3 is 0 Å². The number of hydrogen-bond acceptors (Lipinski definition) is 3. The zero-order valence-electron chi connectivity index (χ0n) is 11.5. The Labute approximate surface area is 115 Å². The molecule has 2 N–H and O–H groups in total. The van der Waals surface area contributed by atoms with Crippen molar-refractivity contribution in [2.24, 2.45) is 5.92 Å². The van der Waals surface area contributed by atoms with Crippen molar-refractivity contribution in [3.05, 3.63) is 29.8 Å². The molecule has 0 unspecified atom stereocenters. The highest BCUT2D eigenvalue weighted by molar-refractivity contribution is 7.89. The second-order valence-electron chi connectivity index (χ2n) is 5.55. The molecule has 1 heterocycles. The first-order chi connectivity index (χ1) is 8.97. The van der Waals surface area contributed by atoms with Crippen LogP contribution in [0.5, 0.6) is 0 Å². The van der Waals surface area contributed by atoms with E-state index in [0.29, 0.717) is 17.4 Å². The summed E-state index contributed by atoms with van der Waals surface area (Å²) in [4.78, 5) is 0.354. The maximum absolute atomic E-state index is 12.2. The molecular formula is C14H22N2O2S. The maximum atomic E-state index is 12.2. The van der Waals surface area contributed by atoms with E-state index in [1.807, 2.05) is 12.1 Å². The van der Waals surface area contributed by atoms with E-state index in [0.717, 1.165) is 19.4 Å². The van der Waals surface area contributed by atoms with Gasteiger partial charge in [0.2, 0.25) is 10.0 Å². The average Bonchev–Trinajstić information content (AvgIpc) is 2.81. The molecule has 106 valence electrons. The van der Waals surface area contributed by atoms with E-state index in [1.54, 1.807) is 12.1 Å². The van der Waals surface area contributed by atoms with Crippen LogP contribution in [0.2, 0.25) is 0 Å². The van der Waals surface area contributed by atoms with Crippen molar-refractivity contribution in [2.75, 3.05) is 13.1 Å². The van der Waals surface area contributed by atoms with Crippen LogP contribution in [0, 0.1) is 5.92 Å². The van der Waals surface area contributed by atoms with E-state index in [4.69, 9.17) is 0 Å². The molecule has 19 heavy (non-hydrogen) atoms. The number of benzene rings is 1. The zero-order valence-corrected chi connectivity index (χ0v) is 12.3. The molecule has 1 saturated heterocycles. The van der Waals surface area contributed by atoms with Gasteiger partial charge in [-0.2, -0.15) is 0 Å². The number of nitrogens with one attached hydrogen (secondary N) is 2. The Bertz CT molecular complexity index is 503. The lowest BCUT2D eigenvalue weighted by atomic mass is 10.0. The molecule has 0 radical (unpaired) electrons. The summed E-state index contributed by atoms with van der Waals surface area (Å²) in [6.45, 7) is 5.89. The predicted molar refractivity (Wildman–Crippen MR) is 76.6 cm³/mol. The fraction of sp³-hybridized carbons (Fsp3) is 0.571. The van der Waals surface area contributed by atoms with Gasteiger partial charge in [0.15, 0.2) is 0 Å². The Morgan fingerprint density at radius 2 is 2.00 bits per heavy atom. The smallest absolute Gasteiger partial charge is 0.240 e. The van der Waals surface area contributed by atoms with Gasteiger partial charge in [0.25, 0.3) is 0 Å². The van der Waals surface area contributed by atoms with Gasteiger partial charge in [0, 0.05) is 12.6 Å². The molecule has 1 aromatic rings. The molecule has 1 atom stereocenters. The largest absolute Gasteiger partial charge is 0.315 e. The summed E-state index contributed by atoms with van der Waals surface area (Å²) < 4.78 is 27.1. The Balaban J connectivity index is 2.07. The van der Waals surface area contributed by atoms with Gasteiger partial charge < -0.3 is 5.32 Å². The molecule has 1 fully saturated rings. The minimum atomic E-state index is -3.38. The van der Waals surface area contributed by atoms with Gasteiger partial charge in [0.05, 0.1) is 4.90 Å². The van der Waals surface area contributed by atoms with E-state index in [2.05, 4.69) is 23.9 Å². The normalized spacial score (nSPS) is 20.1. The van der Waals surface area contributed by atoms with Crippen molar-refractivity contribution in [2.45, 2.75) is 37.6 Å². The first-order valence-electron chi connectivity index (χ1n) is 6.79. The highest BCUT2D eigenvalue weighted by Crippen LogP contribution is 2.14. The molecule has 0 spiro atoms. The minimum Gasteiger partial charge on any atom is -0.315 e. The molecule has 0 saturated carbocycles. The van der Waals surface area contributed by atoms with Gasteiger partial charge in [0.1, 0.15) is 0 Å². The van der Waals surface area contributed by atoms with Gasteiger partial charge in [-0.3, -0.25) is 0 Å². The summed E-state index contributed by atoms with van der Waals surface area (Å²) in [5.41, 5.74) is 1.18. The fourth-order valence-corrected chi connectivity index (χ4v) is 3.59. The van der Waals surface area contributed by atoms with E-state index < -0.39 is 10.0 Å². The second kappa shape index (κ2) is 6.03. The van der Waals surface area contributed by atoms with Crippen LogP contribution in [0.15, 0.2) is 29.2 Å². The summed E-state index contributed by atoms with van der Waals surface area (Å²) in [6.07, 6.45) is 1.82. The molecule has 1 aliphatic rings. The average molecular weight is 282 g/mol. The van der Waals surface area contributed by atoms with Crippen molar-refractivity contribution < 1.29 is 8.42 Å². The van der Waals surface area contributed by atoms with E-state index >= 15 is 0 Å². The number of sulfonamides is 1. The van der Waals surface area contributed by atoms with Gasteiger partial charge in [-0.25, -0.2) is 13.1 Å². The quantitative estimate of drug-likeness (QED) is 0.861. The van der Waals surface area contributed by atoms with Crippen LogP contribution >= 0.6 is 0 Å². The van der Waals surface area contributed by atoms with Crippen LogP contribution in [0.1, 0.15) is 25.8 Å². The lowest BCUT2D eigenvalue weighted by Crippen LogP contribution is -2.36. The lowest BCUT2D eigenvalue weighted by molar-refractivity contribution is 0.560. The maximum Gasteiger partial charge on any atom is 0.240 e. The molecule has 4 nitrogen and oxygen atoms in total. The molecule has 1 aromatic carbocycles. The second-order valence-corrected chi connectivity index (χ2v) is 7.27. The molecular weight excluding hydrogens is 260 g/mol. The third-order valence-electron chi connectivity index (χ3n) is 3.26. The van der Waals surface area contributed by atoms with E-state index in [9.17, 15) is 8.42 Å². The zero-order chi connectivity index (χ0) is 13.9. The first-order valence-corrected chi connectivity index (χ1v) is 8.27. The Morgan fingerprint density at radius 1 is 1.32 bits per heavy atom. The van der Waals surface area contributed by atoms with Crippen molar-refractivity contribution in [3.63, 3.8) is 0 Å². The van der Waals surface area contributed by atoms with Crippen LogP contribution in [-0.4, -0.2) is 27.5 Å². The molecule has 1 aliphatic heterocycles. The topological polar surface area (TPSA) is 58.2 Å². The van der Waals surface area contributed by atoms with Crippen LogP contribution in [0.4, 0.5) is 0 Å². The number of hydrogen-bond donors (Lipinski definition) is 2. The fourth-order valence-electron chi connectivity index (χ4n) is 2.32. The number of rotatable bonds is 5. The van der Waals surface area contributed by atoms with Crippen LogP contribution in [0.25, 0.3) is 0 Å². The Morgan fingerprint density at radius 3 is 2.53 bits per heavy atom. The summed E-state index contributed by atoms with van der Waals surface area (Å²) in [7, 11) is -3.38. The lowest BCUT2D eigenvalue weighted by Gasteiger charge is -2.12. The summed E-state index contributed by atoms with van der Waals surface area (Å²) in [5, 5.41) is 3.15. The highest BCUT2D eigenvalue weighted by atomic mass is 32.2. The van der Waals surface area contributed by atoms with Crippen molar-refractivity contribution in [3.8, 4) is 0 Å². The minimum absolute atomic E-state index is 0.0142.